The lowest BCUT2D eigenvalue weighted by atomic mass is 9.84. The molecule has 29 heavy (non-hydrogen) atoms. The summed E-state index contributed by atoms with van der Waals surface area (Å²) in [5.74, 6) is 0.342. The quantitative estimate of drug-likeness (QED) is 0.299. The highest BCUT2D eigenvalue weighted by molar-refractivity contribution is 8.13. The predicted molar refractivity (Wildman–Crippen MR) is 116 cm³/mol. The number of aliphatic hydroxyl groups is 2. The molecule has 7 heteroatoms. The molecule has 6 nitrogen and oxygen atoms in total. The smallest absolute Gasteiger partial charge is 0.305 e. The molecule has 0 radical (unpaired) electrons. The molecule has 1 heterocycles. The van der Waals surface area contributed by atoms with Gasteiger partial charge in [0.05, 0.1) is 29.9 Å². The van der Waals surface area contributed by atoms with Crippen LogP contribution in [0, 0.1) is 23.2 Å². The van der Waals surface area contributed by atoms with Crippen molar-refractivity contribution in [1.82, 2.24) is 0 Å². The van der Waals surface area contributed by atoms with Crippen LogP contribution in [0.5, 0.6) is 0 Å². The Labute approximate surface area is 178 Å². The summed E-state index contributed by atoms with van der Waals surface area (Å²) in [5.41, 5.74) is -0.870. The van der Waals surface area contributed by atoms with Crippen molar-refractivity contribution in [3.8, 4) is 6.07 Å². The van der Waals surface area contributed by atoms with E-state index in [1.807, 2.05) is 6.08 Å². The van der Waals surface area contributed by atoms with E-state index in [9.17, 15) is 20.3 Å². The molecule has 2 aliphatic rings. The van der Waals surface area contributed by atoms with Gasteiger partial charge in [0.2, 0.25) is 0 Å². The lowest BCUT2D eigenvalue weighted by molar-refractivity contribution is -0.143. The van der Waals surface area contributed by atoms with Gasteiger partial charge in [-0.1, -0.05) is 38.3 Å². The number of nitriles is 1. The van der Waals surface area contributed by atoms with Crippen LogP contribution in [0.1, 0.15) is 65.2 Å². The molecule has 0 amide bonds. The average Bonchev–Trinajstić information content (AvgIpc) is 3.16. The van der Waals surface area contributed by atoms with Gasteiger partial charge in [-0.3, -0.25) is 9.79 Å². The largest absolute Gasteiger partial charge is 0.466 e. The number of carbonyl (C=O) groups excluding carboxylic acids is 1. The van der Waals surface area contributed by atoms with E-state index < -0.39 is 17.7 Å². The molecule has 0 spiro atoms. The van der Waals surface area contributed by atoms with Gasteiger partial charge in [0.1, 0.15) is 0 Å². The number of unbranched alkanes of at least 4 members (excludes halogenated alkanes) is 2. The average molecular weight is 423 g/mol. The summed E-state index contributed by atoms with van der Waals surface area (Å²) in [4.78, 5) is 16.1. The number of aliphatic imine (C=N–C) groups is 1. The van der Waals surface area contributed by atoms with Gasteiger partial charge in [-0.15, -0.1) is 11.8 Å². The molecule has 0 aromatic rings. The molecule has 1 fully saturated rings. The van der Waals surface area contributed by atoms with Gasteiger partial charge in [-0.25, -0.2) is 0 Å². The van der Waals surface area contributed by atoms with Crippen molar-refractivity contribution in [2.24, 2.45) is 16.8 Å². The number of hydrogen-bond donors (Lipinski definition) is 2. The zero-order valence-electron chi connectivity index (χ0n) is 17.5. The molecule has 1 saturated carbocycles. The molecular formula is C22H34N2O4S. The molecule has 2 rings (SSSR count). The number of fused-ring (bicyclic) bond motifs is 1. The number of rotatable bonds is 11. The van der Waals surface area contributed by atoms with Crippen molar-refractivity contribution in [2.75, 3.05) is 12.4 Å². The number of thioether (sulfide) groups is 1. The molecule has 5 unspecified atom stereocenters. The molecule has 0 bridgehead atoms. The normalized spacial score (nSPS) is 29.5. The second kappa shape index (κ2) is 11.7. The number of nitrogens with zero attached hydrogens (tertiary/aromatic N) is 2. The highest BCUT2D eigenvalue weighted by atomic mass is 32.2. The van der Waals surface area contributed by atoms with Gasteiger partial charge in [-0.2, -0.15) is 5.26 Å². The SMILES string of the molecule is CCCCCC(O)C=CC1C(O)CC2(C#N)N=C(SCCCC(=O)OCC)CC12. The highest BCUT2D eigenvalue weighted by Crippen LogP contribution is 2.50. The van der Waals surface area contributed by atoms with E-state index in [1.165, 1.54) is 0 Å². The topological polar surface area (TPSA) is 103 Å². The number of aliphatic hydroxyl groups excluding tert-OH is 2. The summed E-state index contributed by atoms with van der Waals surface area (Å²) in [5, 5.41) is 31.4. The lowest BCUT2D eigenvalue weighted by Gasteiger charge is -2.20. The number of ether oxygens (including phenoxy) is 1. The maximum atomic E-state index is 11.4. The minimum Gasteiger partial charge on any atom is -0.466 e. The molecule has 1 aliphatic carbocycles. The fraction of sp³-hybridized carbons (Fsp3) is 0.773. The summed E-state index contributed by atoms with van der Waals surface area (Å²) < 4.78 is 4.93. The Balaban J connectivity index is 1.90. The van der Waals surface area contributed by atoms with Gasteiger partial charge < -0.3 is 14.9 Å². The highest BCUT2D eigenvalue weighted by Gasteiger charge is 2.56. The summed E-state index contributed by atoms with van der Waals surface area (Å²) >= 11 is 1.59. The Bertz CT molecular complexity index is 645. The second-order valence-electron chi connectivity index (χ2n) is 7.91. The van der Waals surface area contributed by atoms with Gasteiger partial charge in [0.15, 0.2) is 5.54 Å². The van der Waals surface area contributed by atoms with E-state index in [1.54, 1.807) is 24.8 Å². The Morgan fingerprint density at radius 1 is 1.45 bits per heavy atom. The van der Waals surface area contributed by atoms with Crippen molar-refractivity contribution >= 4 is 22.8 Å². The number of carbonyl (C=O) groups is 1. The van der Waals surface area contributed by atoms with E-state index in [0.717, 1.165) is 36.5 Å². The van der Waals surface area contributed by atoms with Crippen LogP contribution in [0.25, 0.3) is 0 Å². The molecule has 0 saturated heterocycles. The number of hydrogen-bond acceptors (Lipinski definition) is 7. The zero-order chi connectivity index (χ0) is 21.3. The van der Waals surface area contributed by atoms with E-state index >= 15 is 0 Å². The van der Waals surface area contributed by atoms with Crippen LogP contribution >= 0.6 is 11.8 Å². The summed E-state index contributed by atoms with van der Waals surface area (Å²) in [6, 6.07) is 2.35. The molecule has 162 valence electrons. The Kier molecular flexibility index (Phi) is 9.67. The fourth-order valence-corrected chi connectivity index (χ4v) is 5.23. The van der Waals surface area contributed by atoms with Crippen LogP contribution in [0.15, 0.2) is 17.1 Å². The number of esters is 1. The Hall–Kier alpha value is -1.36. The Morgan fingerprint density at radius 2 is 2.24 bits per heavy atom. The third kappa shape index (κ3) is 6.56. The van der Waals surface area contributed by atoms with Crippen LogP contribution in [0.2, 0.25) is 0 Å². The lowest BCUT2D eigenvalue weighted by Crippen LogP contribution is -2.27. The van der Waals surface area contributed by atoms with Gasteiger partial charge in [0.25, 0.3) is 0 Å². The summed E-state index contributed by atoms with van der Waals surface area (Å²) in [7, 11) is 0. The first-order valence-corrected chi connectivity index (χ1v) is 11.8. The maximum absolute atomic E-state index is 11.4. The molecular weight excluding hydrogens is 388 g/mol. The molecule has 0 aromatic heterocycles. The first kappa shape index (κ1) is 23.9. The minimum absolute atomic E-state index is 0.0610. The van der Waals surface area contributed by atoms with Crippen molar-refractivity contribution < 1.29 is 19.7 Å². The molecule has 1 aliphatic heterocycles. The first-order chi connectivity index (χ1) is 14.0. The maximum Gasteiger partial charge on any atom is 0.305 e. The van der Waals surface area contributed by atoms with E-state index in [4.69, 9.17) is 4.74 Å². The van der Waals surface area contributed by atoms with Crippen molar-refractivity contribution in [3.63, 3.8) is 0 Å². The standard InChI is InChI=1S/C22H34N2O4S/c1-3-5-6-8-16(25)10-11-17-18-13-20(24-22(18,15-23)14-19(17)26)29-12-7-9-21(27)28-4-2/h10-11,16-19,25-26H,3-9,12-14H2,1-2H3. The predicted octanol–water partition coefficient (Wildman–Crippen LogP) is 3.62. The van der Waals surface area contributed by atoms with Gasteiger partial charge in [-0.05, 0) is 25.5 Å². The summed E-state index contributed by atoms with van der Waals surface area (Å²) in [6.07, 6.45) is 8.57. The summed E-state index contributed by atoms with van der Waals surface area (Å²) in [6.45, 7) is 4.32. The molecule has 2 N–H and O–H groups in total. The van der Waals surface area contributed by atoms with Crippen LogP contribution < -0.4 is 0 Å². The van der Waals surface area contributed by atoms with E-state index in [-0.39, 0.29) is 17.8 Å². The first-order valence-electron chi connectivity index (χ1n) is 10.8. The van der Waals surface area contributed by atoms with Crippen molar-refractivity contribution in [3.05, 3.63) is 12.2 Å². The molecule has 5 atom stereocenters. The Morgan fingerprint density at radius 3 is 2.93 bits per heavy atom. The van der Waals surface area contributed by atoms with Gasteiger partial charge >= 0.3 is 5.97 Å². The van der Waals surface area contributed by atoms with Crippen molar-refractivity contribution in [2.45, 2.75) is 83.0 Å². The monoisotopic (exact) mass is 422 g/mol. The van der Waals surface area contributed by atoms with E-state index in [2.05, 4.69) is 18.0 Å². The van der Waals surface area contributed by atoms with Crippen LogP contribution in [-0.2, 0) is 9.53 Å². The minimum atomic E-state index is -0.870. The second-order valence-corrected chi connectivity index (χ2v) is 9.07. The third-order valence-electron chi connectivity index (χ3n) is 5.71. The van der Waals surface area contributed by atoms with Crippen LogP contribution in [0.4, 0.5) is 0 Å². The fourth-order valence-electron chi connectivity index (χ4n) is 4.19. The zero-order valence-corrected chi connectivity index (χ0v) is 18.4. The van der Waals surface area contributed by atoms with Crippen LogP contribution in [-0.4, -0.2) is 51.3 Å². The van der Waals surface area contributed by atoms with E-state index in [0.29, 0.717) is 32.3 Å². The van der Waals surface area contributed by atoms with Crippen molar-refractivity contribution in [1.29, 1.82) is 5.26 Å². The van der Waals surface area contributed by atoms with Crippen LogP contribution in [0.3, 0.4) is 0 Å². The third-order valence-corrected chi connectivity index (χ3v) is 6.80. The van der Waals surface area contributed by atoms with Gasteiger partial charge in [0, 0.05) is 31.1 Å². The molecule has 0 aromatic carbocycles.